The quantitative estimate of drug-likeness (QED) is 0.534. The van der Waals surface area contributed by atoms with E-state index in [4.69, 9.17) is 10.2 Å². The van der Waals surface area contributed by atoms with E-state index in [1.807, 2.05) is 0 Å². The molecule has 4 N–H and O–H groups in total. The maximum Gasteiger partial charge on any atom is 0.328 e. The van der Waals surface area contributed by atoms with Crippen LogP contribution >= 0.6 is 0 Å². The van der Waals surface area contributed by atoms with Gasteiger partial charge in [-0.25, -0.2) is 4.79 Å². The number of H-pyrrole nitrogens is 1. The Kier molecular flexibility index (Phi) is 4.00. The first-order valence-electron chi connectivity index (χ1n) is 4.82. The number of rotatable bonds is 4. The van der Waals surface area contributed by atoms with Gasteiger partial charge >= 0.3 is 5.97 Å². The summed E-state index contributed by atoms with van der Waals surface area (Å²) in [5.74, 6) is -2.08. The summed E-state index contributed by atoms with van der Waals surface area (Å²) in [5, 5.41) is 20.0. The van der Waals surface area contributed by atoms with Gasteiger partial charge in [-0.2, -0.15) is 0 Å². The predicted molar refractivity (Wildman–Crippen MR) is 57.6 cm³/mol. The zero-order chi connectivity index (χ0) is 13.0. The van der Waals surface area contributed by atoms with Gasteiger partial charge in [0.25, 0.3) is 5.91 Å². The number of carboxylic acids is 1. The van der Waals surface area contributed by atoms with E-state index in [2.05, 4.69) is 10.3 Å². The molecule has 92 valence electrons. The Balaban J connectivity index is 2.85. The molecule has 2 atom stereocenters. The number of amides is 1. The number of carbonyl (C=O) groups excluding carboxylic acids is 1. The minimum absolute atomic E-state index is 0.0284. The molecule has 0 saturated carbocycles. The lowest BCUT2D eigenvalue weighted by atomic mass is 10.1. The molecule has 7 nitrogen and oxygen atoms in total. The molecule has 0 radical (unpaired) electrons. The van der Waals surface area contributed by atoms with E-state index in [0.29, 0.717) is 0 Å². The van der Waals surface area contributed by atoms with Crippen LogP contribution in [0.25, 0.3) is 0 Å². The highest BCUT2D eigenvalue weighted by Crippen LogP contribution is 1.98. The van der Waals surface area contributed by atoms with Crippen molar-refractivity contribution in [2.45, 2.75) is 19.1 Å². The van der Waals surface area contributed by atoms with Crippen LogP contribution in [0.3, 0.4) is 0 Å². The molecule has 1 amide bonds. The maximum atomic E-state index is 11.6. The third-order valence-corrected chi connectivity index (χ3v) is 2.07. The van der Waals surface area contributed by atoms with Gasteiger partial charge in [0.1, 0.15) is 0 Å². The lowest BCUT2D eigenvalue weighted by Gasteiger charge is -2.16. The van der Waals surface area contributed by atoms with Crippen molar-refractivity contribution in [2.24, 2.45) is 0 Å². The average Bonchev–Trinajstić information content (AvgIpc) is 2.24. The number of pyridine rings is 1. The molecular weight excluding hydrogens is 228 g/mol. The molecule has 0 spiro atoms. The van der Waals surface area contributed by atoms with Crippen LogP contribution < -0.4 is 10.9 Å². The first-order valence-corrected chi connectivity index (χ1v) is 4.82. The number of hydrogen-bond donors (Lipinski definition) is 4. The number of aliphatic carboxylic acids is 1. The van der Waals surface area contributed by atoms with Gasteiger partial charge in [-0.1, -0.05) is 0 Å². The SMILES string of the molecule is C[C@@H](O)[C@H](NC(=O)c1cc[nH]c(=O)c1)C(=O)O. The van der Waals surface area contributed by atoms with Crippen molar-refractivity contribution in [2.75, 3.05) is 0 Å². The molecule has 0 unspecified atom stereocenters. The van der Waals surface area contributed by atoms with Gasteiger partial charge in [-0.15, -0.1) is 0 Å². The Morgan fingerprint density at radius 2 is 2.12 bits per heavy atom. The van der Waals surface area contributed by atoms with Crippen LogP contribution in [0.2, 0.25) is 0 Å². The number of nitrogens with one attached hydrogen (secondary N) is 2. The summed E-state index contributed by atoms with van der Waals surface area (Å²) >= 11 is 0. The van der Waals surface area contributed by atoms with Crippen LogP contribution in [0.15, 0.2) is 23.1 Å². The van der Waals surface area contributed by atoms with E-state index in [1.165, 1.54) is 19.2 Å². The van der Waals surface area contributed by atoms with E-state index < -0.39 is 29.6 Å². The Hall–Kier alpha value is -2.15. The molecule has 0 aliphatic carbocycles. The second kappa shape index (κ2) is 5.26. The number of hydrogen-bond acceptors (Lipinski definition) is 4. The molecule has 1 aromatic rings. The molecule has 1 heterocycles. The van der Waals surface area contributed by atoms with Gasteiger partial charge in [0.15, 0.2) is 6.04 Å². The van der Waals surface area contributed by atoms with Crippen molar-refractivity contribution in [3.63, 3.8) is 0 Å². The lowest BCUT2D eigenvalue weighted by molar-refractivity contribution is -0.141. The number of aliphatic hydroxyl groups is 1. The summed E-state index contributed by atoms with van der Waals surface area (Å²) in [5.41, 5.74) is -0.442. The Morgan fingerprint density at radius 3 is 2.59 bits per heavy atom. The van der Waals surface area contributed by atoms with Gasteiger partial charge in [0, 0.05) is 17.8 Å². The summed E-state index contributed by atoms with van der Waals surface area (Å²) in [7, 11) is 0. The maximum absolute atomic E-state index is 11.6. The normalized spacial score (nSPS) is 13.8. The topological polar surface area (TPSA) is 119 Å². The Labute approximate surface area is 96.1 Å². The number of aliphatic hydroxyl groups excluding tert-OH is 1. The van der Waals surface area contributed by atoms with E-state index >= 15 is 0 Å². The highest BCUT2D eigenvalue weighted by atomic mass is 16.4. The van der Waals surface area contributed by atoms with Gasteiger partial charge in [-0.3, -0.25) is 9.59 Å². The van der Waals surface area contributed by atoms with Crippen LogP contribution in [0.4, 0.5) is 0 Å². The second-order valence-corrected chi connectivity index (χ2v) is 3.47. The zero-order valence-corrected chi connectivity index (χ0v) is 9.01. The summed E-state index contributed by atoms with van der Waals surface area (Å²) in [6.45, 7) is 1.25. The fourth-order valence-electron chi connectivity index (χ4n) is 1.20. The number of aromatic amines is 1. The van der Waals surface area contributed by atoms with Crippen molar-refractivity contribution in [1.82, 2.24) is 10.3 Å². The van der Waals surface area contributed by atoms with Crippen molar-refractivity contribution in [3.8, 4) is 0 Å². The van der Waals surface area contributed by atoms with E-state index in [1.54, 1.807) is 0 Å². The van der Waals surface area contributed by atoms with Crippen molar-refractivity contribution in [3.05, 3.63) is 34.2 Å². The standard InChI is InChI=1S/C10H12N2O5/c1-5(13)8(10(16)17)12-9(15)6-2-3-11-7(14)4-6/h2-5,8,13H,1H3,(H,11,14)(H,12,15)(H,16,17)/t5-,8+/m1/s1. The number of carboxylic acid groups (broad SMARTS) is 1. The third kappa shape index (κ3) is 3.42. The molecule has 0 aliphatic heterocycles. The fraction of sp³-hybridized carbons (Fsp3) is 0.300. The zero-order valence-electron chi connectivity index (χ0n) is 9.01. The number of carbonyl (C=O) groups is 2. The van der Waals surface area contributed by atoms with Crippen LogP contribution in [0.1, 0.15) is 17.3 Å². The van der Waals surface area contributed by atoms with E-state index in [-0.39, 0.29) is 5.56 Å². The second-order valence-electron chi connectivity index (χ2n) is 3.47. The minimum Gasteiger partial charge on any atom is -0.480 e. The molecule has 7 heteroatoms. The van der Waals surface area contributed by atoms with E-state index in [0.717, 1.165) is 6.07 Å². The predicted octanol–water partition coefficient (Wildman–Crippen LogP) is -1.06. The summed E-state index contributed by atoms with van der Waals surface area (Å²) < 4.78 is 0. The van der Waals surface area contributed by atoms with Gasteiger partial charge in [0.2, 0.25) is 5.56 Å². The fourth-order valence-corrected chi connectivity index (χ4v) is 1.20. The molecule has 0 bridgehead atoms. The van der Waals surface area contributed by atoms with Crippen LogP contribution in [-0.2, 0) is 4.79 Å². The van der Waals surface area contributed by atoms with Crippen molar-refractivity contribution < 1.29 is 19.8 Å². The molecule has 1 rings (SSSR count). The smallest absolute Gasteiger partial charge is 0.328 e. The lowest BCUT2D eigenvalue weighted by Crippen LogP contribution is -2.47. The van der Waals surface area contributed by atoms with Crippen LogP contribution in [0, 0.1) is 0 Å². The van der Waals surface area contributed by atoms with E-state index in [9.17, 15) is 14.4 Å². The summed E-state index contributed by atoms with van der Waals surface area (Å²) in [4.78, 5) is 35.6. The molecular formula is C10H12N2O5. The number of aromatic nitrogens is 1. The summed E-state index contributed by atoms with van der Waals surface area (Å²) in [6.07, 6.45) is 0.0357. The van der Waals surface area contributed by atoms with Gasteiger partial charge < -0.3 is 20.5 Å². The van der Waals surface area contributed by atoms with Crippen LogP contribution in [0.5, 0.6) is 0 Å². The first-order chi connectivity index (χ1) is 7.91. The van der Waals surface area contributed by atoms with Gasteiger partial charge in [-0.05, 0) is 13.0 Å². The molecule has 17 heavy (non-hydrogen) atoms. The largest absolute Gasteiger partial charge is 0.480 e. The highest BCUT2D eigenvalue weighted by Gasteiger charge is 2.25. The molecule has 0 fully saturated rings. The van der Waals surface area contributed by atoms with Crippen LogP contribution in [-0.4, -0.2) is 39.2 Å². The Bertz CT molecular complexity index is 480. The molecule has 0 aliphatic rings. The highest BCUT2D eigenvalue weighted by molar-refractivity contribution is 5.96. The summed E-state index contributed by atoms with van der Waals surface area (Å²) in [6, 6.07) is 0.954. The van der Waals surface area contributed by atoms with Crippen molar-refractivity contribution in [1.29, 1.82) is 0 Å². The third-order valence-electron chi connectivity index (χ3n) is 2.07. The molecule has 0 aromatic carbocycles. The first kappa shape index (κ1) is 12.9. The Morgan fingerprint density at radius 1 is 1.47 bits per heavy atom. The average molecular weight is 240 g/mol. The van der Waals surface area contributed by atoms with Crippen molar-refractivity contribution >= 4 is 11.9 Å². The molecule has 1 aromatic heterocycles. The van der Waals surface area contributed by atoms with Gasteiger partial charge in [0.05, 0.1) is 6.10 Å². The molecule has 0 saturated heterocycles. The monoisotopic (exact) mass is 240 g/mol. The minimum atomic E-state index is -1.42.